The zero-order valence-corrected chi connectivity index (χ0v) is 16.3. The van der Waals surface area contributed by atoms with Crippen molar-refractivity contribution in [1.29, 1.82) is 0 Å². The Hall–Kier alpha value is -1.95. The fourth-order valence-electron chi connectivity index (χ4n) is 2.94. The first kappa shape index (κ1) is 17.9. The van der Waals surface area contributed by atoms with Gasteiger partial charge in [-0.15, -0.1) is 11.3 Å². The molecule has 1 aliphatic heterocycles. The standard InChI is InChI=1S/C19H25N3O2S/c1-12-13(2)25-17(21-12)14-8-9-15(20-11-14)16-7-6-10-22(16)18(23)24-19(3,4)5/h8-9,11,16H,6-7,10H2,1-5H3/t16-/m0/s1. The minimum Gasteiger partial charge on any atom is -0.444 e. The summed E-state index contributed by atoms with van der Waals surface area (Å²) in [6.45, 7) is 10.5. The summed E-state index contributed by atoms with van der Waals surface area (Å²) >= 11 is 1.68. The van der Waals surface area contributed by atoms with Crippen molar-refractivity contribution < 1.29 is 9.53 Å². The molecule has 3 rings (SSSR count). The van der Waals surface area contributed by atoms with Crippen molar-refractivity contribution in [3.05, 3.63) is 34.6 Å². The first-order valence-electron chi connectivity index (χ1n) is 8.64. The van der Waals surface area contributed by atoms with Crippen LogP contribution in [0.5, 0.6) is 0 Å². The van der Waals surface area contributed by atoms with E-state index >= 15 is 0 Å². The zero-order chi connectivity index (χ0) is 18.2. The summed E-state index contributed by atoms with van der Waals surface area (Å²) in [4.78, 5) is 24.7. The Morgan fingerprint density at radius 2 is 2.08 bits per heavy atom. The van der Waals surface area contributed by atoms with Gasteiger partial charge in [0.25, 0.3) is 0 Å². The quantitative estimate of drug-likeness (QED) is 0.766. The van der Waals surface area contributed by atoms with Crippen LogP contribution in [0, 0.1) is 13.8 Å². The van der Waals surface area contributed by atoms with Gasteiger partial charge < -0.3 is 4.74 Å². The van der Waals surface area contributed by atoms with Gasteiger partial charge in [0.1, 0.15) is 10.6 Å². The molecule has 0 aromatic carbocycles. The van der Waals surface area contributed by atoms with E-state index in [4.69, 9.17) is 4.74 Å². The van der Waals surface area contributed by atoms with Crippen LogP contribution in [0.25, 0.3) is 10.6 Å². The molecule has 25 heavy (non-hydrogen) atoms. The van der Waals surface area contributed by atoms with Crippen LogP contribution in [0.2, 0.25) is 0 Å². The molecule has 0 N–H and O–H groups in total. The normalized spacial score (nSPS) is 17.8. The second-order valence-corrected chi connectivity index (χ2v) is 8.67. The minimum absolute atomic E-state index is 0.0105. The van der Waals surface area contributed by atoms with Gasteiger partial charge in [-0.25, -0.2) is 9.78 Å². The molecule has 6 heteroatoms. The summed E-state index contributed by atoms with van der Waals surface area (Å²) in [5.41, 5.74) is 2.52. The number of aryl methyl sites for hydroxylation is 2. The van der Waals surface area contributed by atoms with Crippen LogP contribution in [0.4, 0.5) is 4.79 Å². The van der Waals surface area contributed by atoms with Crippen LogP contribution < -0.4 is 0 Å². The van der Waals surface area contributed by atoms with Crippen LogP contribution in [-0.2, 0) is 4.74 Å². The Bertz CT molecular complexity index is 742. The van der Waals surface area contributed by atoms with Gasteiger partial charge in [-0.3, -0.25) is 9.88 Å². The Morgan fingerprint density at radius 1 is 1.32 bits per heavy atom. The zero-order valence-electron chi connectivity index (χ0n) is 15.5. The van der Waals surface area contributed by atoms with E-state index in [1.807, 2.05) is 46.0 Å². The lowest BCUT2D eigenvalue weighted by Crippen LogP contribution is -2.36. The number of likely N-dealkylation sites (tertiary alicyclic amines) is 1. The van der Waals surface area contributed by atoms with Crippen LogP contribution in [0.15, 0.2) is 18.3 Å². The van der Waals surface area contributed by atoms with Crippen molar-refractivity contribution in [3.8, 4) is 10.6 Å². The van der Waals surface area contributed by atoms with Crippen LogP contribution in [0.1, 0.15) is 55.9 Å². The molecule has 1 saturated heterocycles. The summed E-state index contributed by atoms with van der Waals surface area (Å²) in [5, 5.41) is 0.990. The maximum absolute atomic E-state index is 12.4. The Kier molecular flexibility index (Phi) is 4.82. The number of thiazole rings is 1. The average molecular weight is 359 g/mol. The van der Waals surface area contributed by atoms with Gasteiger partial charge in [-0.2, -0.15) is 0 Å². The van der Waals surface area contributed by atoms with E-state index in [0.717, 1.165) is 34.8 Å². The molecule has 1 amide bonds. The summed E-state index contributed by atoms with van der Waals surface area (Å²) in [5.74, 6) is 0. The predicted molar refractivity (Wildman–Crippen MR) is 99.7 cm³/mol. The van der Waals surface area contributed by atoms with Crippen molar-refractivity contribution in [2.24, 2.45) is 0 Å². The molecule has 134 valence electrons. The molecule has 5 nitrogen and oxygen atoms in total. The molecule has 2 aromatic heterocycles. The van der Waals surface area contributed by atoms with Gasteiger partial charge in [0, 0.05) is 23.2 Å². The van der Waals surface area contributed by atoms with Gasteiger partial charge in [0.2, 0.25) is 0 Å². The first-order valence-corrected chi connectivity index (χ1v) is 9.46. The number of nitrogens with zero attached hydrogens (tertiary/aromatic N) is 3. The van der Waals surface area contributed by atoms with Gasteiger partial charge in [0.05, 0.1) is 17.4 Å². The highest BCUT2D eigenvalue weighted by Crippen LogP contribution is 2.33. The van der Waals surface area contributed by atoms with E-state index in [-0.39, 0.29) is 12.1 Å². The number of pyridine rings is 1. The third-order valence-corrected chi connectivity index (χ3v) is 5.41. The third kappa shape index (κ3) is 4.00. The molecule has 0 bridgehead atoms. The fourth-order valence-corrected chi connectivity index (χ4v) is 3.84. The molecule has 0 unspecified atom stereocenters. The molecule has 1 fully saturated rings. The molecule has 3 heterocycles. The predicted octanol–water partition coefficient (Wildman–Crippen LogP) is 4.89. The van der Waals surface area contributed by atoms with Crippen LogP contribution in [0.3, 0.4) is 0 Å². The second kappa shape index (κ2) is 6.75. The first-order chi connectivity index (χ1) is 11.7. The van der Waals surface area contributed by atoms with Crippen molar-refractivity contribution >= 4 is 17.4 Å². The highest BCUT2D eigenvalue weighted by molar-refractivity contribution is 7.15. The monoisotopic (exact) mass is 359 g/mol. The molecule has 2 aromatic rings. The molecule has 0 aliphatic carbocycles. The topological polar surface area (TPSA) is 55.3 Å². The summed E-state index contributed by atoms with van der Waals surface area (Å²) in [6.07, 6.45) is 3.49. The van der Waals surface area contributed by atoms with Crippen molar-refractivity contribution in [2.45, 2.75) is 59.1 Å². The number of carbonyl (C=O) groups excluding carboxylic acids is 1. The number of hydrogen-bond donors (Lipinski definition) is 0. The molecule has 0 radical (unpaired) electrons. The van der Waals surface area contributed by atoms with Gasteiger partial charge in [-0.05, 0) is 59.6 Å². The molecule has 1 aliphatic rings. The minimum atomic E-state index is -0.484. The van der Waals surface area contributed by atoms with Crippen LogP contribution in [-0.4, -0.2) is 33.1 Å². The molecule has 1 atom stereocenters. The van der Waals surface area contributed by atoms with E-state index in [1.165, 1.54) is 4.88 Å². The largest absolute Gasteiger partial charge is 0.444 e. The van der Waals surface area contributed by atoms with Crippen molar-refractivity contribution in [1.82, 2.24) is 14.9 Å². The van der Waals surface area contributed by atoms with Gasteiger partial charge >= 0.3 is 6.09 Å². The summed E-state index contributed by atoms with van der Waals surface area (Å²) in [7, 11) is 0. The van der Waals surface area contributed by atoms with Gasteiger partial charge in [-0.1, -0.05) is 0 Å². The maximum atomic E-state index is 12.4. The highest BCUT2D eigenvalue weighted by Gasteiger charge is 2.33. The number of hydrogen-bond acceptors (Lipinski definition) is 5. The number of aromatic nitrogens is 2. The lowest BCUT2D eigenvalue weighted by atomic mass is 10.1. The van der Waals surface area contributed by atoms with E-state index < -0.39 is 5.60 Å². The van der Waals surface area contributed by atoms with E-state index in [1.54, 1.807) is 16.2 Å². The SMILES string of the molecule is Cc1nc(-c2ccc([C@@H]3CCCN3C(=O)OC(C)(C)C)nc2)sc1C. The molecule has 0 saturated carbocycles. The smallest absolute Gasteiger partial charge is 0.410 e. The highest BCUT2D eigenvalue weighted by atomic mass is 32.1. The number of amides is 1. The lowest BCUT2D eigenvalue weighted by Gasteiger charge is -2.28. The third-order valence-electron chi connectivity index (χ3n) is 4.28. The van der Waals surface area contributed by atoms with Crippen molar-refractivity contribution in [2.75, 3.05) is 6.54 Å². The average Bonchev–Trinajstić information content (AvgIpc) is 3.13. The maximum Gasteiger partial charge on any atom is 0.410 e. The molecular formula is C19H25N3O2S. The molecular weight excluding hydrogens is 334 g/mol. The Balaban J connectivity index is 1.78. The van der Waals surface area contributed by atoms with Gasteiger partial charge in [0.15, 0.2) is 0 Å². The van der Waals surface area contributed by atoms with E-state index in [2.05, 4.69) is 16.9 Å². The lowest BCUT2D eigenvalue weighted by molar-refractivity contribution is 0.0221. The fraction of sp³-hybridized carbons (Fsp3) is 0.526. The van der Waals surface area contributed by atoms with E-state index in [9.17, 15) is 4.79 Å². The van der Waals surface area contributed by atoms with Crippen LogP contribution >= 0.6 is 11.3 Å². The summed E-state index contributed by atoms with van der Waals surface area (Å²) < 4.78 is 5.53. The Labute approximate surface area is 153 Å². The number of rotatable bonds is 2. The van der Waals surface area contributed by atoms with Crippen molar-refractivity contribution in [3.63, 3.8) is 0 Å². The second-order valence-electron chi connectivity index (χ2n) is 7.46. The van der Waals surface area contributed by atoms with E-state index in [0.29, 0.717) is 6.54 Å². The number of carbonyl (C=O) groups is 1. The molecule has 0 spiro atoms. The summed E-state index contributed by atoms with van der Waals surface area (Å²) in [6, 6.07) is 4.05. The Morgan fingerprint density at radius 3 is 2.64 bits per heavy atom. The number of ether oxygens (including phenoxy) is 1.